The molecule has 2 aliphatic rings. The maximum absolute atomic E-state index is 13.3. The van der Waals surface area contributed by atoms with Crippen LogP contribution in [-0.4, -0.2) is 47.1 Å². The minimum absolute atomic E-state index is 0.0834. The third-order valence-corrected chi connectivity index (χ3v) is 7.21. The van der Waals surface area contributed by atoms with Gasteiger partial charge in [0.25, 0.3) is 0 Å². The highest BCUT2D eigenvalue weighted by Crippen LogP contribution is 2.37. The van der Waals surface area contributed by atoms with Gasteiger partial charge in [0, 0.05) is 30.6 Å². The van der Waals surface area contributed by atoms with Crippen LogP contribution in [-0.2, 0) is 9.53 Å². The van der Waals surface area contributed by atoms with Crippen LogP contribution in [0.2, 0.25) is 5.02 Å². The van der Waals surface area contributed by atoms with Gasteiger partial charge in [-0.3, -0.25) is 9.69 Å². The van der Waals surface area contributed by atoms with Crippen molar-refractivity contribution in [2.45, 2.75) is 59.0 Å². The number of carbonyl (C=O) groups is 2. The van der Waals surface area contributed by atoms with E-state index in [1.54, 1.807) is 4.90 Å². The van der Waals surface area contributed by atoms with E-state index in [4.69, 9.17) is 21.3 Å². The zero-order valence-electron chi connectivity index (χ0n) is 18.6. The summed E-state index contributed by atoms with van der Waals surface area (Å²) in [6, 6.07) is 3.82. The molecule has 2 amide bonds. The first-order valence-corrected chi connectivity index (χ1v) is 12.2. The van der Waals surface area contributed by atoms with Gasteiger partial charge >= 0.3 is 6.09 Å². The second kappa shape index (κ2) is 8.58. The SMILES string of the molecule is Cc1cc(Cl)cc2sc(N(CC3CCN(C(=O)OC(C)(C)C)C3)C(=O)C3CCC3)nc12. The van der Waals surface area contributed by atoms with Crippen LogP contribution in [0.1, 0.15) is 52.0 Å². The highest BCUT2D eigenvalue weighted by molar-refractivity contribution is 7.22. The molecule has 1 aromatic carbocycles. The highest BCUT2D eigenvalue weighted by Gasteiger charge is 2.36. The summed E-state index contributed by atoms with van der Waals surface area (Å²) in [5.41, 5.74) is 1.40. The molecule has 8 heteroatoms. The molecule has 31 heavy (non-hydrogen) atoms. The molecular weight excluding hydrogens is 434 g/mol. The van der Waals surface area contributed by atoms with Crippen molar-refractivity contribution < 1.29 is 14.3 Å². The van der Waals surface area contributed by atoms with Gasteiger partial charge in [-0.05, 0) is 70.6 Å². The van der Waals surface area contributed by atoms with Crippen LogP contribution in [0.4, 0.5) is 9.93 Å². The lowest BCUT2D eigenvalue weighted by Crippen LogP contribution is -2.42. The number of rotatable bonds is 4. The number of likely N-dealkylation sites (tertiary alicyclic amines) is 1. The van der Waals surface area contributed by atoms with E-state index < -0.39 is 5.60 Å². The van der Waals surface area contributed by atoms with Gasteiger partial charge in [-0.15, -0.1) is 0 Å². The molecular formula is C23H30ClN3O3S. The molecule has 1 atom stereocenters. The Labute approximate surface area is 192 Å². The Morgan fingerprint density at radius 1 is 1.29 bits per heavy atom. The summed E-state index contributed by atoms with van der Waals surface area (Å²) in [4.78, 5) is 34.2. The largest absolute Gasteiger partial charge is 0.444 e. The monoisotopic (exact) mass is 463 g/mol. The number of hydrogen-bond acceptors (Lipinski definition) is 5. The second-order valence-corrected chi connectivity index (χ2v) is 11.2. The summed E-state index contributed by atoms with van der Waals surface area (Å²) in [6.07, 6.45) is 3.56. The molecule has 0 N–H and O–H groups in total. The lowest BCUT2D eigenvalue weighted by atomic mass is 9.84. The van der Waals surface area contributed by atoms with E-state index in [9.17, 15) is 9.59 Å². The molecule has 0 spiro atoms. The summed E-state index contributed by atoms with van der Waals surface area (Å²) in [6.45, 7) is 9.43. The first kappa shape index (κ1) is 22.3. The highest BCUT2D eigenvalue weighted by atomic mass is 35.5. The second-order valence-electron chi connectivity index (χ2n) is 9.72. The zero-order chi connectivity index (χ0) is 22.3. The maximum atomic E-state index is 13.3. The zero-order valence-corrected chi connectivity index (χ0v) is 20.2. The van der Waals surface area contributed by atoms with Crippen LogP contribution in [0.15, 0.2) is 12.1 Å². The molecule has 4 rings (SSSR count). The molecule has 1 aliphatic carbocycles. The normalized spacial score (nSPS) is 19.5. The third-order valence-electron chi connectivity index (χ3n) is 5.97. The first-order valence-electron chi connectivity index (χ1n) is 11.0. The first-order chi connectivity index (χ1) is 14.6. The number of thiazole rings is 1. The van der Waals surface area contributed by atoms with Crippen molar-refractivity contribution in [1.29, 1.82) is 0 Å². The van der Waals surface area contributed by atoms with Gasteiger partial charge in [0.2, 0.25) is 5.91 Å². The molecule has 2 heterocycles. The number of aromatic nitrogens is 1. The van der Waals surface area contributed by atoms with Crippen LogP contribution in [0.3, 0.4) is 0 Å². The van der Waals surface area contributed by atoms with Gasteiger partial charge in [0.05, 0.1) is 10.2 Å². The molecule has 0 radical (unpaired) electrons. The number of aryl methyl sites for hydroxylation is 1. The van der Waals surface area contributed by atoms with Crippen molar-refractivity contribution in [3.05, 3.63) is 22.7 Å². The molecule has 1 aliphatic heterocycles. The number of anilines is 1. The Morgan fingerprint density at radius 2 is 2.03 bits per heavy atom. The molecule has 1 saturated carbocycles. The number of fused-ring (bicyclic) bond motifs is 1. The average molecular weight is 464 g/mol. The quantitative estimate of drug-likeness (QED) is 0.587. The van der Waals surface area contributed by atoms with Gasteiger partial charge in [-0.2, -0.15) is 0 Å². The van der Waals surface area contributed by atoms with Gasteiger partial charge in [-0.25, -0.2) is 9.78 Å². The van der Waals surface area contributed by atoms with E-state index in [2.05, 4.69) is 0 Å². The van der Waals surface area contributed by atoms with Crippen molar-refractivity contribution in [2.24, 2.45) is 11.8 Å². The van der Waals surface area contributed by atoms with Crippen LogP contribution < -0.4 is 4.90 Å². The van der Waals surface area contributed by atoms with E-state index in [0.29, 0.717) is 24.7 Å². The summed E-state index contributed by atoms with van der Waals surface area (Å²) < 4.78 is 6.51. The minimum atomic E-state index is -0.512. The molecule has 6 nitrogen and oxygen atoms in total. The summed E-state index contributed by atoms with van der Waals surface area (Å²) in [5, 5.41) is 1.41. The Balaban J connectivity index is 1.54. The number of benzene rings is 1. The van der Waals surface area contributed by atoms with Crippen LogP contribution in [0.5, 0.6) is 0 Å². The molecule has 1 aromatic heterocycles. The smallest absolute Gasteiger partial charge is 0.410 e. The Kier molecular flexibility index (Phi) is 6.19. The van der Waals surface area contributed by atoms with Crippen LogP contribution in [0.25, 0.3) is 10.2 Å². The number of halogens is 1. The minimum Gasteiger partial charge on any atom is -0.444 e. The third kappa shape index (κ3) is 4.98. The van der Waals surface area contributed by atoms with Crippen molar-refractivity contribution in [1.82, 2.24) is 9.88 Å². The maximum Gasteiger partial charge on any atom is 0.410 e. The van der Waals surface area contributed by atoms with Crippen molar-refractivity contribution in [2.75, 3.05) is 24.5 Å². The summed E-state index contributed by atoms with van der Waals surface area (Å²) >= 11 is 7.75. The predicted molar refractivity (Wildman–Crippen MR) is 125 cm³/mol. The van der Waals surface area contributed by atoms with Gasteiger partial charge < -0.3 is 9.64 Å². The van der Waals surface area contributed by atoms with E-state index >= 15 is 0 Å². The van der Waals surface area contributed by atoms with Crippen molar-refractivity contribution >= 4 is 50.3 Å². The number of nitrogens with zero attached hydrogens (tertiary/aromatic N) is 3. The van der Waals surface area contributed by atoms with E-state index in [-0.39, 0.29) is 23.8 Å². The Bertz CT molecular complexity index is 996. The lowest BCUT2D eigenvalue weighted by molar-refractivity contribution is -0.124. The molecule has 2 aromatic rings. The van der Waals surface area contributed by atoms with Gasteiger partial charge in [0.15, 0.2) is 5.13 Å². The molecule has 168 valence electrons. The standard InChI is InChI=1S/C23H30ClN3O3S/c1-14-10-17(24)11-18-19(14)25-21(31-18)27(20(28)16-6-5-7-16)13-15-8-9-26(12-15)22(29)30-23(2,3)4/h10-11,15-16H,5-9,12-13H2,1-4H3. The summed E-state index contributed by atoms with van der Waals surface area (Å²) in [5.74, 6) is 0.443. The molecule has 1 saturated heterocycles. The predicted octanol–water partition coefficient (Wildman–Crippen LogP) is 5.65. The Morgan fingerprint density at radius 3 is 2.68 bits per heavy atom. The number of amides is 2. The number of carbonyl (C=O) groups excluding carboxylic acids is 2. The number of hydrogen-bond donors (Lipinski definition) is 0. The molecule has 2 fully saturated rings. The Hall–Kier alpha value is -1.86. The van der Waals surface area contributed by atoms with E-state index in [0.717, 1.165) is 46.6 Å². The summed E-state index contributed by atoms with van der Waals surface area (Å²) in [7, 11) is 0. The van der Waals surface area contributed by atoms with E-state index in [1.807, 2.05) is 44.7 Å². The van der Waals surface area contributed by atoms with Gasteiger partial charge in [0.1, 0.15) is 5.60 Å². The fraction of sp³-hybridized carbons (Fsp3) is 0.609. The van der Waals surface area contributed by atoms with E-state index in [1.165, 1.54) is 11.3 Å². The molecule has 0 bridgehead atoms. The van der Waals surface area contributed by atoms with Crippen LogP contribution in [0, 0.1) is 18.8 Å². The average Bonchev–Trinajstić information content (AvgIpc) is 3.23. The number of ether oxygens (including phenoxy) is 1. The fourth-order valence-electron chi connectivity index (χ4n) is 4.13. The molecule has 1 unspecified atom stereocenters. The lowest BCUT2D eigenvalue weighted by Gasteiger charge is -2.31. The van der Waals surface area contributed by atoms with Gasteiger partial charge in [-0.1, -0.05) is 29.4 Å². The van der Waals surface area contributed by atoms with Crippen LogP contribution >= 0.6 is 22.9 Å². The van der Waals surface area contributed by atoms with Crippen molar-refractivity contribution in [3.8, 4) is 0 Å². The topological polar surface area (TPSA) is 62.7 Å². The van der Waals surface area contributed by atoms with Crippen molar-refractivity contribution in [3.63, 3.8) is 0 Å². The fourth-order valence-corrected chi connectivity index (χ4v) is 5.56.